The number of hydrogen-bond acceptors (Lipinski definition) is 6. The quantitative estimate of drug-likeness (QED) is 0.0542. The number of benzene rings is 4. The predicted octanol–water partition coefficient (Wildman–Crippen LogP) is 9.28. The number of aryl methyl sites for hydroxylation is 4. The van der Waals surface area contributed by atoms with Crippen LogP contribution in [0.1, 0.15) is 68.7 Å². The first-order valence-electron chi connectivity index (χ1n) is 18.6. The molecule has 52 heavy (non-hydrogen) atoms. The maximum absolute atomic E-state index is 12.1. The average Bonchev–Trinajstić information content (AvgIpc) is 3.19. The minimum absolute atomic E-state index is 0.00424. The van der Waals surface area contributed by atoms with Crippen molar-refractivity contribution in [3.05, 3.63) is 131 Å². The van der Waals surface area contributed by atoms with E-state index in [4.69, 9.17) is 9.47 Å². The van der Waals surface area contributed by atoms with Crippen molar-refractivity contribution in [2.45, 2.75) is 72.1 Å². The number of carbonyl (C=O) groups is 2. The van der Waals surface area contributed by atoms with Crippen molar-refractivity contribution in [1.29, 1.82) is 0 Å². The lowest BCUT2D eigenvalue weighted by Gasteiger charge is -2.18. The first-order valence-corrected chi connectivity index (χ1v) is 18.6. The summed E-state index contributed by atoms with van der Waals surface area (Å²) in [5.74, 6) is -1.68. The van der Waals surface area contributed by atoms with Crippen LogP contribution >= 0.6 is 0 Å². The van der Waals surface area contributed by atoms with E-state index in [-0.39, 0.29) is 30.3 Å². The SMILES string of the molecule is C=C(CO)C(=O)OCC(CCc1ccc(-c2ccc(-c3ccc(-c4ccc(CCCCC)cc4)c(CC)c3)c(CC)c2)cc1)COC(=O)C(=C)CO. The zero-order valence-electron chi connectivity index (χ0n) is 31.1. The molecule has 0 amide bonds. The molecule has 0 bridgehead atoms. The molecule has 6 heteroatoms. The van der Waals surface area contributed by atoms with Gasteiger partial charge in [0, 0.05) is 5.92 Å². The summed E-state index contributed by atoms with van der Waals surface area (Å²) in [5.41, 5.74) is 12.4. The molecule has 2 N–H and O–H groups in total. The third-order valence-corrected chi connectivity index (χ3v) is 9.61. The Bertz CT molecular complexity index is 1770. The second kappa shape index (κ2) is 20.3. The number of esters is 2. The summed E-state index contributed by atoms with van der Waals surface area (Å²) in [6.45, 7) is 12.7. The first-order chi connectivity index (χ1) is 25.2. The molecule has 6 nitrogen and oxygen atoms in total. The third-order valence-electron chi connectivity index (χ3n) is 9.61. The molecule has 274 valence electrons. The van der Waals surface area contributed by atoms with Gasteiger partial charge in [0.15, 0.2) is 0 Å². The Morgan fingerprint density at radius 2 is 1.06 bits per heavy atom. The van der Waals surface area contributed by atoms with Crippen LogP contribution in [0.5, 0.6) is 0 Å². The van der Waals surface area contributed by atoms with Crippen LogP contribution in [0.3, 0.4) is 0 Å². The van der Waals surface area contributed by atoms with Gasteiger partial charge >= 0.3 is 11.9 Å². The lowest BCUT2D eigenvalue weighted by atomic mass is 9.89. The van der Waals surface area contributed by atoms with Crippen LogP contribution in [0, 0.1) is 5.92 Å². The second-order valence-electron chi connectivity index (χ2n) is 13.4. The molecule has 0 aliphatic rings. The first kappa shape index (κ1) is 40.0. The summed E-state index contributed by atoms with van der Waals surface area (Å²) in [6.07, 6.45) is 8.02. The van der Waals surface area contributed by atoms with Crippen LogP contribution in [0.4, 0.5) is 0 Å². The van der Waals surface area contributed by atoms with Crippen LogP contribution in [0.2, 0.25) is 0 Å². The summed E-state index contributed by atoms with van der Waals surface area (Å²) < 4.78 is 10.6. The van der Waals surface area contributed by atoms with Crippen LogP contribution in [0.25, 0.3) is 33.4 Å². The van der Waals surface area contributed by atoms with Gasteiger partial charge in [0.1, 0.15) is 0 Å². The molecule has 4 rings (SSSR count). The number of unbranched alkanes of at least 4 members (excludes halogenated alkanes) is 2. The molecule has 0 saturated carbocycles. The lowest BCUT2D eigenvalue weighted by molar-refractivity contribution is -0.144. The molecule has 0 radical (unpaired) electrons. The van der Waals surface area contributed by atoms with Crippen LogP contribution < -0.4 is 0 Å². The van der Waals surface area contributed by atoms with Gasteiger partial charge in [-0.15, -0.1) is 0 Å². The van der Waals surface area contributed by atoms with Gasteiger partial charge in [-0.05, 0) is 94.2 Å². The fraction of sp³-hybridized carbons (Fsp3) is 0.348. The van der Waals surface area contributed by atoms with E-state index in [1.54, 1.807) is 0 Å². The van der Waals surface area contributed by atoms with Crippen LogP contribution in [-0.2, 0) is 44.7 Å². The number of ether oxygens (including phenoxy) is 2. The van der Waals surface area contributed by atoms with Crippen LogP contribution in [-0.4, -0.2) is 48.6 Å². The van der Waals surface area contributed by atoms with Crippen LogP contribution in [0.15, 0.2) is 109 Å². The highest BCUT2D eigenvalue weighted by Gasteiger charge is 2.18. The molecule has 0 aliphatic carbocycles. The molecular formula is C46H54O6. The van der Waals surface area contributed by atoms with E-state index in [2.05, 4.69) is 119 Å². The fourth-order valence-corrected chi connectivity index (χ4v) is 6.28. The average molecular weight is 703 g/mol. The third kappa shape index (κ3) is 11.1. The van der Waals surface area contributed by atoms with Crippen molar-refractivity contribution in [2.75, 3.05) is 26.4 Å². The van der Waals surface area contributed by atoms with Gasteiger partial charge in [-0.1, -0.05) is 132 Å². The van der Waals surface area contributed by atoms with E-state index < -0.39 is 25.2 Å². The maximum Gasteiger partial charge on any atom is 0.335 e. The van der Waals surface area contributed by atoms with Crippen molar-refractivity contribution in [1.82, 2.24) is 0 Å². The molecule has 0 aromatic heterocycles. The summed E-state index contributed by atoms with van der Waals surface area (Å²) in [6, 6.07) is 31.2. The Morgan fingerprint density at radius 1 is 0.596 bits per heavy atom. The molecule has 4 aromatic rings. The van der Waals surface area contributed by atoms with Gasteiger partial charge in [0.2, 0.25) is 0 Å². The van der Waals surface area contributed by atoms with Crippen molar-refractivity contribution in [3.63, 3.8) is 0 Å². The van der Waals surface area contributed by atoms with E-state index in [1.807, 2.05) is 0 Å². The molecular weight excluding hydrogens is 649 g/mol. The van der Waals surface area contributed by atoms with Crippen molar-refractivity contribution < 1.29 is 29.3 Å². The number of aliphatic hydroxyl groups excluding tert-OH is 2. The van der Waals surface area contributed by atoms with Crippen molar-refractivity contribution in [3.8, 4) is 33.4 Å². The minimum Gasteiger partial charge on any atom is -0.462 e. The molecule has 0 fully saturated rings. The number of aliphatic hydroxyl groups is 2. The molecule has 0 unspecified atom stereocenters. The standard InChI is InChI=1S/C46H54O6/c1-6-9-10-11-34-16-20-40(21-17-34)43-25-23-42(27-38(43)8-3)44-24-22-41(26-37(44)7-2)39-18-14-35(15-19-39)12-13-36(30-51-45(49)32(4)28-47)31-52-46(50)33(5)29-48/h14-27,36,47-48H,4-13,28-31H2,1-3H3. The molecule has 0 heterocycles. The van der Waals surface area contributed by atoms with Gasteiger partial charge in [0.25, 0.3) is 0 Å². The Hall–Kier alpha value is -4.78. The summed E-state index contributed by atoms with van der Waals surface area (Å²) in [5, 5.41) is 18.4. The van der Waals surface area contributed by atoms with Gasteiger partial charge in [0.05, 0.1) is 37.6 Å². The fourth-order valence-electron chi connectivity index (χ4n) is 6.28. The number of rotatable bonds is 20. The Kier molecular flexibility index (Phi) is 15.6. The predicted molar refractivity (Wildman–Crippen MR) is 211 cm³/mol. The Morgan fingerprint density at radius 3 is 1.58 bits per heavy atom. The highest BCUT2D eigenvalue weighted by atomic mass is 16.5. The minimum atomic E-state index is -0.693. The number of hydrogen-bond donors (Lipinski definition) is 2. The Labute approximate surface area is 309 Å². The Balaban J connectivity index is 1.45. The van der Waals surface area contributed by atoms with Crippen molar-refractivity contribution >= 4 is 11.9 Å². The molecule has 0 spiro atoms. The van der Waals surface area contributed by atoms with Gasteiger partial charge in [-0.3, -0.25) is 0 Å². The van der Waals surface area contributed by atoms with Crippen molar-refractivity contribution in [2.24, 2.45) is 5.92 Å². The lowest BCUT2D eigenvalue weighted by Crippen LogP contribution is -2.23. The summed E-state index contributed by atoms with van der Waals surface area (Å²) >= 11 is 0. The van der Waals surface area contributed by atoms with E-state index in [1.165, 1.54) is 58.2 Å². The monoisotopic (exact) mass is 702 g/mol. The zero-order chi connectivity index (χ0) is 37.5. The molecule has 0 atom stereocenters. The van der Waals surface area contributed by atoms with E-state index in [0.29, 0.717) is 12.8 Å². The largest absolute Gasteiger partial charge is 0.462 e. The second-order valence-corrected chi connectivity index (χ2v) is 13.4. The number of carbonyl (C=O) groups excluding carboxylic acids is 2. The summed E-state index contributed by atoms with van der Waals surface area (Å²) in [7, 11) is 0. The highest BCUT2D eigenvalue weighted by Crippen LogP contribution is 2.34. The van der Waals surface area contributed by atoms with Gasteiger partial charge in [-0.2, -0.15) is 0 Å². The van der Waals surface area contributed by atoms with E-state index in [9.17, 15) is 19.8 Å². The smallest absolute Gasteiger partial charge is 0.335 e. The van der Waals surface area contributed by atoms with Gasteiger partial charge < -0.3 is 19.7 Å². The topological polar surface area (TPSA) is 93.1 Å². The van der Waals surface area contributed by atoms with E-state index >= 15 is 0 Å². The molecule has 0 saturated heterocycles. The summed E-state index contributed by atoms with van der Waals surface area (Å²) in [4.78, 5) is 24.1. The maximum atomic E-state index is 12.1. The van der Waals surface area contributed by atoms with Gasteiger partial charge in [-0.25, -0.2) is 9.59 Å². The normalized spacial score (nSPS) is 11.0. The highest BCUT2D eigenvalue weighted by molar-refractivity contribution is 5.88. The molecule has 4 aromatic carbocycles. The molecule has 0 aliphatic heterocycles. The van der Waals surface area contributed by atoms with E-state index in [0.717, 1.165) is 36.0 Å². The zero-order valence-corrected chi connectivity index (χ0v) is 31.1.